The highest BCUT2D eigenvalue weighted by atomic mass is 32.2. The Kier molecular flexibility index (Phi) is 5.05. The fourth-order valence-electron chi connectivity index (χ4n) is 3.79. The van der Waals surface area contributed by atoms with Crippen molar-refractivity contribution in [3.05, 3.63) is 35.7 Å². The summed E-state index contributed by atoms with van der Waals surface area (Å²) in [4.78, 5) is 11.8. The first-order chi connectivity index (χ1) is 14.4. The summed E-state index contributed by atoms with van der Waals surface area (Å²) in [5.74, 6) is 1.29. The number of aliphatic hydroxyl groups is 1. The Labute approximate surface area is 182 Å². The van der Waals surface area contributed by atoms with Crippen LogP contribution in [0.15, 0.2) is 29.2 Å². The maximum atomic E-state index is 12.2. The second-order valence-corrected chi connectivity index (χ2v) is 11.6. The summed E-state index contributed by atoms with van der Waals surface area (Å²) in [7, 11) is -3.39. The summed E-state index contributed by atoms with van der Waals surface area (Å²) in [6.07, 6.45) is 1.84. The Hall–Kier alpha value is -2.59. The molecule has 31 heavy (non-hydrogen) atoms. The van der Waals surface area contributed by atoms with Crippen LogP contribution in [-0.2, 0) is 21.8 Å². The molecule has 1 atom stereocenters. The molecule has 10 heteroatoms. The van der Waals surface area contributed by atoms with Gasteiger partial charge in [0.05, 0.1) is 17.0 Å². The van der Waals surface area contributed by atoms with Crippen LogP contribution in [0, 0.1) is 0 Å². The monoisotopic (exact) mass is 444 g/mol. The molecule has 1 fully saturated rings. The molecule has 166 valence electrons. The van der Waals surface area contributed by atoms with E-state index in [0.717, 1.165) is 0 Å². The number of benzene rings is 1. The number of hydrogen-bond donors (Lipinski definition) is 1. The lowest BCUT2D eigenvalue weighted by Crippen LogP contribution is -2.31. The van der Waals surface area contributed by atoms with Crippen molar-refractivity contribution < 1.29 is 13.5 Å². The number of nitrogens with zero attached hydrogens (tertiary/aromatic N) is 6. The van der Waals surface area contributed by atoms with Crippen LogP contribution in [0.3, 0.4) is 0 Å². The van der Waals surface area contributed by atoms with Crippen LogP contribution in [0.4, 0.5) is 5.82 Å². The number of rotatable bonds is 4. The lowest BCUT2D eigenvalue weighted by atomic mass is 9.96. The van der Waals surface area contributed by atoms with Gasteiger partial charge in [0, 0.05) is 24.8 Å². The molecule has 9 nitrogen and oxygen atoms in total. The molecule has 0 spiro atoms. The zero-order valence-electron chi connectivity index (χ0n) is 18.5. The van der Waals surface area contributed by atoms with Gasteiger partial charge in [0.1, 0.15) is 5.82 Å². The van der Waals surface area contributed by atoms with Gasteiger partial charge < -0.3 is 10.0 Å². The molecule has 0 aliphatic carbocycles. The van der Waals surface area contributed by atoms with Crippen molar-refractivity contribution in [2.75, 3.05) is 24.2 Å². The summed E-state index contributed by atoms with van der Waals surface area (Å²) in [5.41, 5.74) is 0.611. The van der Waals surface area contributed by atoms with E-state index in [1.54, 1.807) is 28.9 Å². The minimum Gasteiger partial charge on any atom is -0.388 e. The van der Waals surface area contributed by atoms with Gasteiger partial charge in [-0.15, -0.1) is 5.10 Å². The number of fused-ring (bicyclic) bond motifs is 1. The Morgan fingerprint density at radius 1 is 1.19 bits per heavy atom. The van der Waals surface area contributed by atoms with E-state index in [-0.39, 0.29) is 16.9 Å². The average Bonchev–Trinajstić information content (AvgIpc) is 3.23. The summed E-state index contributed by atoms with van der Waals surface area (Å²) in [6.45, 7) is 9.24. The van der Waals surface area contributed by atoms with Crippen LogP contribution >= 0.6 is 0 Å². The highest BCUT2D eigenvalue weighted by Crippen LogP contribution is 2.32. The van der Waals surface area contributed by atoms with Crippen molar-refractivity contribution in [3.8, 4) is 0 Å². The van der Waals surface area contributed by atoms with Crippen molar-refractivity contribution >= 4 is 26.8 Å². The molecule has 3 heterocycles. The summed E-state index contributed by atoms with van der Waals surface area (Å²) in [5, 5.41) is 19.1. The molecular weight excluding hydrogens is 416 g/mol. The molecular formula is C21H28N6O3S. The van der Waals surface area contributed by atoms with E-state index in [9.17, 15) is 13.5 Å². The minimum absolute atomic E-state index is 0.220. The molecule has 1 saturated heterocycles. The Bertz CT molecular complexity index is 1240. The molecule has 0 radical (unpaired) electrons. The largest absolute Gasteiger partial charge is 0.388 e. The lowest BCUT2D eigenvalue weighted by molar-refractivity contribution is 0.0839. The van der Waals surface area contributed by atoms with E-state index in [2.05, 4.69) is 10.3 Å². The van der Waals surface area contributed by atoms with E-state index < -0.39 is 15.4 Å². The quantitative estimate of drug-likeness (QED) is 0.649. The molecule has 4 rings (SSSR count). The van der Waals surface area contributed by atoms with Gasteiger partial charge in [-0.2, -0.15) is 0 Å². The third-order valence-corrected chi connectivity index (χ3v) is 6.66. The van der Waals surface area contributed by atoms with Crippen LogP contribution in [0.25, 0.3) is 11.2 Å². The van der Waals surface area contributed by atoms with Gasteiger partial charge in [0.25, 0.3) is 0 Å². The van der Waals surface area contributed by atoms with Crippen molar-refractivity contribution in [2.45, 2.75) is 56.6 Å². The number of anilines is 1. The Morgan fingerprint density at radius 3 is 2.52 bits per heavy atom. The third kappa shape index (κ3) is 4.27. The molecule has 0 bridgehead atoms. The van der Waals surface area contributed by atoms with E-state index in [4.69, 9.17) is 9.97 Å². The maximum absolute atomic E-state index is 12.2. The SMILES string of the molecule is CC(C)(C)c1nc(N2CC[C@](C)(O)C2)c2nnn(Cc3ccccc3S(C)(=O)=O)c2n1. The molecule has 0 amide bonds. The van der Waals surface area contributed by atoms with E-state index >= 15 is 0 Å². The number of aromatic nitrogens is 5. The summed E-state index contributed by atoms with van der Waals surface area (Å²) >= 11 is 0. The van der Waals surface area contributed by atoms with E-state index in [0.29, 0.717) is 47.9 Å². The maximum Gasteiger partial charge on any atom is 0.184 e. The fourth-order valence-corrected chi connectivity index (χ4v) is 4.72. The topological polar surface area (TPSA) is 114 Å². The van der Waals surface area contributed by atoms with Crippen molar-refractivity contribution in [3.63, 3.8) is 0 Å². The van der Waals surface area contributed by atoms with E-state index in [1.165, 1.54) is 6.26 Å². The predicted molar refractivity (Wildman–Crippen MR) is 118 cm³/mol. The smallest absolute Gasteiger partial charge is 0.184 e. The van der Waals surface area contributed by atoms with Gasteiger partial charge >= 0.3 is 0 Å². The molecule has 1 N–H and O–H groups in total. The van der Waals surface area contributed by atoms with Crippen molar-refractivity contribution in [1.29, 1.82) is 0 Å². The molecule has 0 unspecified atom stereocenters. The highest BCUT2D eigenvalue weighted by Gasteiger charge is 2.35. The highest BCUT2D eigenvalue weighted by molar-refractivity contribution is 7.90. The Morgan fingerprint density at radius 2 is 1.90 bits per heavy atom. The number of hydrogen-bond acceptors (Lipinski definition) is 8. The average molecular weight is 445 g/mol. The van der Waals surface area contributed by atoms with Crippen LogP contribution in [0.1, 0.15) is 45.5 Å². The summed E-state index contributed by atoms with van der Waals surface area (Å²) in [6, 6.07) is 6.87. The van der Waals surface area contributed by atoms with Gasteiger partial charge in [0.15, 0.2) is 26.8 Å². The molecule has 2 aromatic heterocycles. The zero-order valence-corrected chi connectivity index (χ0v) is 19.3. The fraction of sp³-hybridized carbons (Fsp3) is 0.524. The molecule has 1 aliphatic heterocycles. The van der Waals surface area contributed by atoms with Crippen LogP contribution in [0.2, 0.25) is 0 Å². The van der Waals surface area contributed by atoms with Gasteiger partial charge in [0.2, 0.25) is 0 Å². The zero-order chi connectivity index (χ0) is 22.6. The number of β-amino-alcohol motifs (C(OH)–C–C–N with tert-alkyl or cyclic N) is 1. The first kappa shape index (κ1) is 21.6. The minimum atomic E-state index is -3.39. The molecule has 3 aromatic rings. The second kappa shape index (κ2) is 7.23. The first-order valence-electron chi connectivity index (χ1n) is 10.2. The molecule has 1 aliphatic rings. The summed E-state index contributed by atoms with van der Waals surface area (Å²) < 4.78 is 26.1. The second-order valence-electron chi connectivity index (χ2n) is 9.59. The first-order valence-corrected chi connectivity index (χ1v) is 12.1. The van der Waals surface area contributed by atoms with Gasteiger partial charge in [-0.05, 0) is 25.0 Å². The third-order valence-electron chi connectivity index (χ3n) is 5.46. The standard InChI is InChI=1S/C21H28N6O3S/c1-20(2,3)19-22-17(26-11-10-21(4,28)13-26)16-18(23-19)27(25-24-16)12-14-8-6-7-9-15(14)31(5,29)30/h6-9,28H,10-13H2,1-5H3/t21-/m0/s1. The van der Waals surface area contributed by atoms with Crippen molar-refractivity contribution in [1.82, 2.24) is 25.0 Å². The normalized spacial score (nSPS) is 20.0. The van der Waals surface area contributed by atoms with Crippen LogP contribution < -0.4 is 4.90 Å². The predicted octanol–water partition coefficient (Wildman–Crippen LogP) is 1.93. The van der Waals surface area contributed by atoms with Crippen LogP contribution in [0.5, 0.6) is 0 Å². The van der Waals surface area contributed by atoms with Crippen molar-refractivity contribution in [2.24, 2.45) is 0 Å². The van der Waals surface area contributed by atoms with Gasteiger partial charge in [-0.25, -0.2) is 23.1 Å². The Balaban J connectivity index is 1.85. The van der Waals surface area contributed by atoms with Gasteiger partial charge in [-0.1, -0.05) is 44.2 Å². The number of sulfone groups is 1. The van der Waals surface area contributed by atoms with Gasteiger partial charge in [-0.3, -0.25) is 0 Å². The molecule has 1 aromatic carbocycles. The van der Waals surface area contributed by atoms with Crippen LogP contribution in [-0.4, -0.2) is 63.4 Å². The lowest BCUT2D eigenvalue weighted by Gasteiger charge is -2.23. The molecule has 0 saturated carbocycles. The van der Waals surface area contributed by atoms with E-state index in [1.807, 2.05) is 32.6 Å².